The number of amides is 1. The van der Waals surface area contributed by atoms with E-state index in [0.29, 0.717) is 23.6 Å². The molecule has 5 nitrogen and oxygen atoms in total. The van der Waals surface area contributed by atoms with Gasteiger partial charge in [0, 0.05) is 17.6 Å². The third kappa shape index (κ3) is 3.36. The van der Waals surface area contributed by atoms with Gasteiger partial charge in [0.1, 0.15) is 5.58 Å². The number of furan rings is 1. The SMILES string of the molecule is Nc1ccc2oc(C(=O)NCCCN3CCCC3)cc2c1. The van der Waals surface area contributed by atoms with Crippen LogP contribution in [0.3, 0.4) is 0 Å². The molecule has 0 aliphatic carbocycles. The molecule has 0 unspecified atom stereocenters. The number of hydrogen-bond donors (Lipinski definition) is 2. The maximum atomic E-state index is 12.0. The summed E-state index contributed by atoms with van der Waals surface area (Å²) >= 11 is 0. The zero-order valence-electron chi connectivity index (χ0n) is 12.1. The Bertz CT molecular complexity index is 629. The summed E-state index contributed by atoms with van der Waals surface area (Å²) in [5, 5.41) is 3.77. The summed E-state index contributed by atoms with van der Waals surface area (Å²) in [6, 6.07) is 7.10. The Kier molecular flexibility index (Phi) is 4.10. The number of carbonyl (C=O) groups excluding carboxylic acids is 1. The maximum Gasteiger partial charge on any atom is 0.287 e. The smallest absolute Gasteiger partial charge is 0.287 e. The van der Waals surface area contributed by atoms with Crippen LogP contribution in [0.5, 0.6) is 0 Å². The first-order valence-electron chi connectivity index (χ1n) is 7.52. The zero-order valence-corrected chi connectivity index (χ0v) is 12.1. The maximum absolute atomic E-state index is 12.0. The van der Waals surface area contributed by atoms with Gasteiger partial charge in [0.05, 0.1) is 0 Å². The van der Waals surface area contributed by atoms with Gasteiger partial charge in [-0.1, -0.05) is 0 Å². The van der Waals surface area contributed by atoms with Crippen LogP contribution in [0.4, 0.5) is 5.69 Å². The van der Waals surface area contributed by atoms with Crippen LogP contribution >= 0.6 is 0 Å². The number of fused-ring (bicyclic) bond motifs is 1. The van der Waals surface area contributed by atoms with Crippen molar-refractivity contribution in [3.63, 3.8) is 0 Å². The number of benzene rings is 1. The molecule has 1 aliphatic heterocycles. The number of nitrogens with zero attached hydrogens (tertiary/aromatic N) is 1. The average molecular weight is 287 g/mol. The number of carbonyl (C=O) groups is 1. The molecule has 1 saturated heterocycles. The predicted octanol–water partition coefficient (Wildman–Crippen LogP) is 2.23. The molecule has 0 spiro atoms. The first kappa shape index (κ1) is 13.9. The van der Waals surface area contributed by atoms with Gasteiger partial charge in [0.25, 0.3) is 5.91 Å². The molecule has 2 heterocycles. The second kappa shape index (κ2) is 6.18. The van der Waals surface area contributed by atoms with Crippen LogP contribution in [0, 0.1) is 0 Å². The molecule has 0 bridgehead atoms. The molecule has 3 N–H and O–H groups in total. The number of nitrogens with one attached hydrogen (secondary N) is 1. The monoisotopic (exact) mass is 287 g/mol. The summed E-state index contributed by atoms with van der Waals surface area (Å²) < 4.78 is 5.54. The Labute approximate surface area is 124 Å². The lowest BCUT2D eigenvalue weighted by Gasteiger charge is -2.13. The van der Waals surface area contributed by atoms with Crippen LogP contribution in [-0.2, 0) is 0 Å². The topological polar surface area (TPSA) is 71.5 Å². The van der Waals surface area contributed by atoms with Crippen LogP contribution in [0.25, 0.3) is 11.0 Å². The Balaban J connectivity index is 1.51. The summed E-state index contributed by atoms with van der Waals surface area (Å²) in [7, 11) is 0. The van der Waals surface area contributed by atoms with Crippen molar-refractivity contribution in [3.8, 4) is 0 Å². The highest BCUT2D eigenvalue weighted by Gasteiger charge is 2.13. The molecule has 112 valence electrons. The molecule has 0 saturated carbocycles. The molecule has 0 atom stereocenters. The van der Waals surface area contributed by atoms with Crippen molar-refractivity contribution in [3.05, 3.63) is 30.0 Å². The highest BCUT2D eigenvalue weighted by molar-refractivity contribution is 5.96. The summed E-state index contributed by atoms with van der Waals surface area (Å²) in [6.07, 6.45) is 3.57. The normalized spacial score (nSPS) is 15.6. The molecule has 1 fully saturated rings. The van der Waals surface area contributed by atoms with Gasteiger partial charge < -0.3 is 20.4 Å². The van der Waals surface area contributed by atoms with Crippen molar-refractivity contribution in [2.75, 3.05) is 31.9 Å². The van der Waals surface area contributed by atoms with E-state index in [9.17, 15) is 4.79 Å². The van der Waals surface area contributed by atoms with Crippen molar-refractivity contribution in [2.24, 2.45) is 0 Å². The van der Waals surface area contributed by atoms with E-state index in [1.54, 1.807) is 18.2 Å². The van der Waals surface area contributed by atoms with E-state index in [1.165, 1.54) is 25.9 Å². The van der Waals surface area contributed by atoms with Crippen LogP contribution < -0.4 is 11.1 Å². The Hall–Kier alpha value is -2.01. The highest BCUT2D eigenvalue weighted by Crippen LogP contribution is 2.21. The summed E-state index contributed by atoms with van der Waals surface area (Å²) in [5.41, 5.74) is 7.07. The summed E-state index contributed by atoms with van der Waals surface area (Å²) in [4.78, 5) is 14.5. The van der Waals surface area contributed by atoms with Crippen molar-refractivity contribution in [1.29, 1.82) is 0 Å². The first-order valence-corrected chi connectivity index (χ1v) is 7.52. The van der Waals surface area contributed by atoms with Crippen LogP contribution in [0.2, 0.25) is 0 Å². The van der Waals surface area contributed by atoms with Gasteiger partial charge >= 0.3 is 0 Å². The lowest BCUT2D eigenvalue weighted by atomic mass is 10.2. The second-order valence-corrected chi connectivity index (χ2v) is 5.57. The fourth-order valence-corrected chi connectivity index (χ4v) is 2.77. The van der Waals surface area contributed by atoms with Crippen molar-refractivity contribution < 1.29 is 9.21 Å². The van der Waals surface area contributed by atoms with E-state index in [4.69, 9.17) is 10.2 Å². The van der Waals surface area contributed by atoms with Gasteiger partial charge in [0.15, 0.2) is 5.76 Å². The van der Waals surface area contributed by atoms with Gasteiger partial charge in [-0.2, -0.15) is 0 Å². The third-order valence-corrected chi connectivity index (χ3v) is 3.90. The van der Waals surface area contributed by atoms with Crippen molar-refractivity contribution in [2.45, 2.75) is 19.3 Å². The van der Waals surface area contributed by atoms with Crippen LogP contribution in [0.15, 0.2) is 28.7 Å². The third-order valence-electron chi connectivity index (χ3n) is 3.90. The number of nitrogen functional groups attached to an aromatic ring is 1. The van der Waals surface area contributed by atoms with Gasteiger partial charge in [0.2, 0.25) is 0 Å². The molecular weight excluding hydrogens is 266 g/mol. The molecule has 1 amide bonds. The van der Waals surface area contributed by atoms with E-state index >= 15 is 0 Å². The molecule has 2 aromatic rings. The lowest BCUT2D eigenvalue weighted by molar-refractivity contribution is 0.0926. The number of anilines is 1. The number of nitrogens with two attached hydrogens (primary N) is 1. The van der Waals surface area contributed by atoms with Crippen LogP contribution in [-0.4, -0.2) is 37.0 Å². The molecule has 1 aromatic heterocycles. The van der Waals surface area contributed by atoms with Gasteiger partial charge in [-0.25, -0.2) is 0 Å². The number of hydrogen-bond acceptors (Lipinski definition) is 4. The molecule has 1 aliphatic rings. The minimum absolute atomic E-state index is 0.161. The largest absolute Gasteiger partial charge is 0.451 e. The first-order chi connectivity index (χ1) is 10.2. The summed E-state index contributed by atoms with van der Waals surface area (Å²) in [5.74, 6) is 0.183. The van der Waals surface area contributed by atoms with Crippen LogP contribution in [0.1, 0.15) is 29.8 Å². The molecule has 0 radical (unpaired) electrons. The Morgan fingerprint density at radius 3 is 2.90 bits per heavy atom. The van der Waals surface area contributed by atoms with E-state index < -0.39 is 0 Å². The number of likely N-dealkylation sites (tertiary alicyclic amines) is 1. The standard InChI is InChI=1S/C16H21N3O2/c17-13-4-5-14-12(10-13)11-15(21-14)16(20)18-6-3-9-19-7-1-2-8-19/h4-5,10-11H,1-3,6-9,17H2,(H,18,20). The molecule has 3 rings (SSSR count). The Morgan fingerprint density at radius 1 is 1.29 bits per heavy atom. The minimum Gasteiger partial charge on any atom is -0.451 e. The van der Waals surface area contributed by atoms with Crippen molar-refractivity contribution in [1.82, 2.24) is 10.2 Å². The molecule has 5 heteroatoms. The van der Waals surface area contributed by atoms with E-state index in [-0.39, 0.29) is 5.91 Å². The van der Waals surface area contributed by atoms with E-state index in [0.717, 1.165) is 18.4 Å². The second-order valence-electron chi connectivity index (χ2n) is 5.57. The predicted molar refractivity (Wildman–Crippen MR) is 83.3 cm³/mol. The quantitative estimate of drug-likeness (QED) is 0.653. The summed E-state index contributed by atoms with van der Waals surface area (Å²) in [6.45, 7) is 4.11. The van der Waals surface area contributed by atoms with E-state index in [1.807, 2.05) is 6.07 Å². The van der Waals surface area contributed by atoms with Gasteiger partial charge in [-0.05, 0) is 63.2 Å². The minimum atomic E-state index is -0.161. The fourth-order valence-electron chi connectivity index (χ4n) is 2.77. The van der Waals surface area contributed by atoms with Gasteiger partial charge in [-0.3, -0.25) is 4.79 Å². The molecule has 21 heavy (non-hydrogen) atoms. The van der Waals surface area contributed by atoms with Gasteiger partial charge in [-0.15, -0.1) is 0 Å². The molecular formula is C16H21N3O2. The lowest BCUT2D eigenvalue weighted by Crippen LogP contribution is -2.28. The Morgan fingerprint density at radius 2 is 2.10 bits per heavy atom. The average Bonchev–Trinajstić information content (AvgIpc) is 3.11. The number of rotatable bonds is 5. The zero-order chi connectivity index (χ0) is 14.7. The fraction of sp³-hybridized carbons (Fsp3) is 0.438. The molecule has 1 aromatic carbocycles. The highest BCUT2D eigenvalue weighted by atomic mass is 16.3. The van der Waals surface area contributed by atoms with E-state index in [2.05, 4.69) is 10.2 Å². The van der Waals surface area contributed by atoms with Crippen molar-refractivity contribution >= 4 is 22.6 Å².